The number of rotatable bonds is 1. The molecule has 1 rings (SSSR count). The molecular formula is C7H11NO3. The molecule has 0 aliphatic carbocycles. The molecule has 1 heterocycles. The average molecular weight is 157 g/mol. The number of methoxy groups -OCH3 is 1. The van der Waals surface area contributed by atoms with Gasteiger partial charge in [-0.15, -0.1) is 0 Å². The van der Waals surface area contributed by atoms with Crippen LogP contribution in [0.3, 0.4) is 0 Å². The molecule has 0 saturated heterocycles. The van der Waals surface area contributed by atoms with Crippen molar-refractivity contribution in [2.24, 2.45) is 0 Å². The Balaban J connectivity index is 2.74. The Morgan fingerprint density at radius 3 is 3.00 bits per heavy atom. The fraction of sp³-hybridized carbons (Fsp3) is 0.571. The maximum Gasteiger partial charge on any atom is 0.338 e. The normalized spacial score (nSPS) is 18.3. The van der Waals surface area contributed by atoms with Crippen LogP contribution in [0.5, 0.6) is 0 Å². The predicted octanol–water partition coefficient (Wildman–Crippen LogP) is -0.0352. The minimum atomic E-state index is -0.449. The lowest BCUT2D eigenvalue weighted by atomic mass is 10.1. The number of hydrogen-bond acceptors (Lipinski definition) is 4. The first-order valence-electron chi connectivity index (χ1n) is 3.45. The molecule has 0 fully saturated rings. The molecule has 0 amide bonds. The Morgan fingerprint density at radius 2 is 2.45 bits per heavy atom. The second-order valence-electron chi connectivity index (χ2n) is 2.34. The highest BCUT2D eigenvalue weighted by Crippen LogP contribution is 2.09. The highest BCUT2D eigenvalue weighted by molar-refractivity contribution is 5.89. The standard InChI is InChI=1S/C7H11NO3/c1-11-7(10)5-4-8-3-2-6(5)9/h8-9H,2-4H2,1H3. The lowest BCUT2D eigenvalue weighted by Crippen LogP contribution is -2.29. The van der Waals surface area contributed by atoms with E-state index in [1.807, 2.05) is 0 Å². The fourth-order valence-electron chi connectivity index (χ4n) is 0.986. The Labute approximate surface area is 64.9 Å². The van der Waals surface area contributed by atoms with Crippen molar-refractivity contribution >= 4 is 5.97 Å². The van der Waals surface area contributed by atoms with E-state index in [-0.39, 0.29) is 5.76 Å². The number of nitrogens with one attached hydrogen (secondary N) is 1. The minimum absolute atomic E-state index is 0.149. The topological polar surface area (TPSA) is 58.6 Å². The van der Waals surface area contributed by atoms with Crippen LogP contribution in [0.1, 0.15) is 6.42 Å². The van der Waals surface area contributed by atoms with Gasteiger partial charge >= 0.3 is 5.97 Å². The van der Waals surface area contributed by atoms with Crippen molar-refractivity contribution in [3.63, 3.8) is 0 Å². The number of carbonyl (C=O) groups excluding carboxylic acids is 1. The summed E-state index contributed by atoms with van der Waals surface area (Å²) in [7, 11) is 1.30. The van der Waals surface area contributed by atoms with Gasteiger partial charge in [0.25, 0.3) is 0 Å². The van der Waals surface area contributed by atoms with Gasteiger partial charge in [-0.1, -0.05) is 0 Å². The van der Waals surface area contributed by atoms with Crippen LogP contribution in [-0.4, -0.2) is 31.3 Å². The lowest BCUT2D eigenvalue weighted by molar-refractivity contribution is -0.136. The van der Waals surface area contributed by atoms with Gasteiger partial charge < -0.3 is 15.2 Å². The van der Waals surface area contributed by atoms with E-state index in [0.29, 0.717) is 25.1 Å². The van der Waals surface area contributed by atoms with E-state index < -0.39 is 5.97 Å². The molecule has 1 aliphatic rings. The molecule has 0 spiro atoms. The van der Waals surface area contributed by atoms with E-state index in [1.54, 1.807) is 0 Å². The van der Waals surface area contributed by atoms with Gasteiger partial charge in [0, 0.05) is 19.5 Å². The molecule has 4 nitrogen and oxygen atoms in total. The number of aliphatic hydroxyl groups is 1. The first-order chi connectivity index (χ1) is 5.25. The summed E-state index contributed by atoms with van der Waals surface area (Å²) in [4.78, 5) is 10.9. The molecular weight excluding hydrogens is 146 g/mol. The van der Waals surface area contributed by atoms with E-state index in [1.165, 1.54) is 7.11 Å². The third-order valence-corrected chi connectivity index (χ3v) is 1.62. The van der Waals surface area contributed by atoms with E-state index in [2.05, 4.69) is 10.1 Å². The summed E-state index contributed by atoms with van der Waals surface area (Å²) in [6, 6.07) is 0. The molecule has 2 N–H and O–H groups in total. The van der Waals surface area contributed by atoms with E-state index in [9.17, 15) is 9.90 Å². The Bertz CT molecular complexity index is 198. The molecule has 11 heavy (non-hydrogen) atoms. The van der Waals surface area contributed by atoms with Gasteiger partial charge in [0.15, 0.2) is 0 Å². The van der Waals surface area contributed by atoms with E-state index in [0.717, 1.165) is 0 Å². The first kappa shape index (κ1) is 8.07. The molecule has 0 aromatic heterocycles. The zero-order valence-corrected chi connectivity index (χ0v) is 6.39. The molecule has 0 saturated carbocycles. The van der Waals surface area contributed by atoms with Crippen LogP contribution in [0.15, 0.2) is 11.3 Å². The van der Waals surface area contributed by atoms with Crippen LogP contribution in [0, 0.1) is 0 Å². The van der Waals surface area contributed by atoms with Crippen molar-refractivity contribution in [1.29, 1.82) is 0 Å². The molecule has 0 atom stereocenters. The SMILES string of the molecule is COC(=O)C1=C(O)CCNC1. The summed E-state index contributed by atoms with van der Waals surface area (Å²) in [5.41, 5.74) is 0.346. The van der Waals surface area contributed by atoms with Crippen molar-refractivity contribution in [3.8, 4) is 0 Å². The maximum atomic E-state index is 10.9. The zero-order valence-electron chi connectivity index (χ0n) is 6.39. The van der Waals surface area contributed by atoms with Crippen LogP contribution < -0.4 is 5.32 Å². The van der Waals surface area contributed by atoms with Gasteiger partial charge in [-0.3, -0.25) is 0 Å². The fourth-order valence-corrected chi connectivity index (χ4v) is 0.986. The predicted molar refractivity (Wildman–Crippen MR) is 39.2 cm³/mol. The molecule has 0 unspecified atom stereocenters. The van der Waals surface area contributed by atoms with Crippen LogP contribution >= 0.6 is 0 Å². The van der Waals surface area contributed by atoms with Crippen molar-refractivity contribution in [3.05, 3.63) is 11.3 Å². The molecule has 0 aromatic carbocycles. The third kappa shape index (κ3) is 1.71. The van der Waals surface area contributed by atoms with Gasteiger partial charge in [-0.25, -0.2) is 4.79 Å². The van der Waals surface area contributed by atoms with Crippen LogP contribution in [-0.2, 0) is 9.53 Å². The van der Waals surface area contributed by atoms with Gasteiger partial charge in [-0.05, 0) is 0 Å². The number of ether oxygens (including phenoxy) is 1. The molecule has 4 heteroatoms. The van der Waals surface area contributed by atoms with Crippen LogP contribution in [0.4, 0.5) is 0 Å². The third-order valence-electron chi connectivity index (χ3n) is 1.62. The molecule has 1 aliphatic heterocycles. The van der Waals surface area contributed by atoms with Gasteiger partial charge in [-0.2, -0.15) is 0 Å². The second-order valence-corrected chi connectivity index (χ2v) is 2.34. The quantitative estimate of drug-likeness (QED) is 0.524. The Morgan fingerprint density at radius 1 is 1.73 bits per heavy atom. The number of hydrogen-bond donors (Lipinski definition) is 2. The van der Waals surface area contributed by atoms with E-state index in [4.69, 9.17) is 0 Å². The van der Waals surface area contributed by atoms with E-state index >= 15 is 0 Å². The average Bonchev–Trinajstić information content (AvgIpc) is 2.04. The Hall–Kier alpha value is -1.03. The van der Waals surface area contributed by atoms with Crippen LogP contribution in [0.2, 0.25) is 0 Å². The molecule has 62 valence electrons. The smallest absolute Gasteiger partial charge is 0.338 e. The van der Waals surface area contributed by atoms with Crippen molar-refractivity contribution < 1.29 is 14.6 Å². The molecule has 0 radical (unpaired) electrons. The highest BCUT2D eigenvalue weighted by atomic mass is 16.5. The number of esters is 1. The highest BCUT2D eigenvalue weighted by Gasteiger charge is 2.18. The molecule has 0 bridgehead atoms. The molecule has 0 aromatic rings. The summed E-state index contributed by atoms with van der Waals surface area (Å²) in [6.07, 6.45) is 0.504. The number of carbonyl (C=O) groups is 1. The zero-order chi connectivity index (χ0) is 8.27. The lowest BCUT2D eigenvalue weighted by Gasteiger charge is -2.14. The van der Waals surface area contributed by atoms with Crippen molar-refractivity contribution in [2.45, 2.75) is 6.42 Å². The Kier molecular flexibility index (Phi) is 2.48. The minimum Gasteiger partial charge on any atom is -0.512 e. The summed E-state index contributed by atoms with van der Waals surface area (Å²) < 4.78 is 4.46. The largest absolute Gasteiger partial charge is 0.512 e. The second kappa shape index (κ2) is 3.39. The summed E-state index contributed by atoms with van der Waals surface area (Å²) in [5, 5.41) is 12.2. The summed E-state index contributed by atoms with van der Waals surface area (Å²) >= 11 is 0. The van der Waals surface area contributed by atoms with Gasteiger partial charge in [0.2, 0.25) is 0 Å². The van der Waals surface area contributed by atoms with Crippen molar-refractivity contribution in [1.82, 2.24) is 5.32 Å². The van der Waals surface area contributed by atoms with Crippen molar-refractivity contribution in [2.75, 3.05) is 20.2 Å². The first-order valence-corrected chi connectivity index (χ1v) is 3.45. The maximum absolute atomic E-state index is 10.9. The summed E-state index contributed by atoms with van der Waals surface area (Å²) in [5.74, 6) is -0.301. The van der Waals surface area contributed by atoms with Gasteiger partial charge in [0.1, 0.15) is 5.76 Å². The monoisotopic (exact) mass is 157 g/mol. The van der Waals surface area contributed by atoms with Crippen LogP contribution in [0.25, 0.3) is 0 Å². The summed E-state index contributed by atoms with van der Waals surface area (Å²) in [6.45, 7) is 1.12. The number of aliphatic hydroxyl groups excluding tert-OH is 1. The van der Waals surface area contributed by atoms with Gasteiger partial charge in [0.05, 0.1) is 12.7 Å².